The fraction of sp³-hybridized carbons (Fsp3) is 0.684. The summed E-state index contributed by atoms with van der Waals surface area (Å²) in [6, 6.07) is 3.51. The van der Waals surface area contributed by atoms with Crippen molar-refractivity contribution < 1.29 is 19.7 Å². The molecule has 3 aliphatic rings. The summed E-state index contributed by atoms with van der Waals surface area (Å²) in [5.74, 6) is 0.834. The first-order chi connectivity index (χ1) is 12.6. The van der Waals surface area contributed by atoms with Crippen LogP contribution < -0.4 is 10.2 Å². The maximum atomic E-state index is 12.3. The zero-order valence-electron chi connectivity index (χ0n) is 14.9. The van der Waals surface area contributed by atoms with E-state index in [1.807, 2.05) is 18.3 Å². The number of hydrogen-bond donors (Lipinski definition) is 3. The van der Waals surface area contributed by atoms with Crippen molar-refractivity contribution in [2.24, 2.45) is 5.92 Å². The first-order valence-electron chi connectivity index (χ1n) is 9.58. The van der Waals surface area contributed by atoms with Gasteiger partial charge in [-0.15, -0.1) is 0 Å². The molecular weight excluding hydrogens is 334 g/mol. The van der Waals surface area contributed by atoms with E-state index in [0.29, 0.717) is 19.6 Å². The molecule has 2 aliphatic carbocycles. The lowest BCUT2D eigenvalue weighted by molar-refractivity contribution is -0.129. The van der Waals surface area contributed by atoms with Crippen molar-refractivity contribution in [2.45, 2.75) is 49.9 Å². The number of hydrogen-bond acceptors (Lipinski definition) is 6. The van der Waals surface area contributed by atoms with Crippen LogP contribution in [-0.2, 0) is 9.53 Å². The van der Waals surface area contributed by atoms with Gasteiger partial charge in [-0.05, 0) is 30.9 Å². The van der Waals surface area contributed by atoms with E-state index in [1.165, 1.54) is 0 Å². The van der Waals surface area contributed by atoms with Gasteiger partial charge in [0.1, 0.15) is 11.9 Å². The van der Waals surface area contributed by atoms with Crippen LogP contribution in [0.3, 0.4) is 0 Å². The van der Waals surface area contributed by atoms with Crippen LogP contribution in [0.25, 0.3) is 0 Å². The molecule has 4 rings (SSSR count). The molecule has 0 spiro atoms. The van der Waals surface area contributed by atoms with Crippen molar-refractivity contribution in [3.05, 3.63) is 23.9 Å². The Bertz CT molecular complexity index is 628. The number of rotatable bonds is 4. The summed E-state index contributed by atoms with van der Waals surface area (Å²) in [5, 5.41) is 23.5. The molecule has 142 valence electrons. The predicted molar refractivity (Wildman–Crippen MR) is 95.9 cm³/mol. The second kappa shape index (κ2) is 7.50. The molecular formula is C19H27N3O4. The molecule has 1 aliphatic heterocycles. The van der Waals surface area contributed by atoms with Gasteiger partial charge in [-0.1, -0.05) is 12.5 Å². The molecule has 1 saturated heterocycles. The normalized spacial score (nSPS) is 32.3. The smallest absolute Gasteiger partial charge is 0.223 e. The number of anilines is 1. The number of pyridine rings is 1. The zero-order chi connectivity index (χ0) is 18.1. The molecule has 4 unspecified atom stereocenters. The maximum Gasteiger partial charge on any atom is 0.223 e. The summed E-state index contributed by atoms with van der Waals surface area (Å²) in [7, 11) is 0. The van der Waals surface area contributed by atoms with Crippen LogP contribution in [0.5, 0.6) is 0 Å². The molecule has 3 fully saturated rings. The quantitative estimate of drug-likeness (QED) is 0.719. The van der Waals surface area contributed by atoms with E-state index in [2.05, 4.69) is 15.2 Å². The number of carbonyl (C=O) groups excluding carboxylic acids is 1. The molecule has 7 heteroatoms. The second-order valence-corrected chi connectivity index (χ2v) is 7.61. The van der Waals surface area contributed by atoms with E-state index in [0.717, 1.165) is 43.7 Å². The van der Waals surface area contributed by atoms with Gasteiger partial charge < -0.3 is 25.2 Å². The summed E-state index contributed by atoms with van der Waals surface area (Å²) < 4.78 is 5.37. The van der Waals surface area contributed by atoms with Gasteiger partial charge in [-0.2, -0.15) is 0 Å². The summed E-state index contributed by atoms with van der Waals surface area (Å²) >= 11 is 0. The number of ether oxygens (including phenoxy) is 1. The lowest BCUT2D eigenvalue weighted by Gasteiger charge is -2.30. The number of amides is 1. The number of nitrogens with zero attached hydrogens (tertiary/aromatic N) is 2. The number of aliphatic hydroxyl groups excluding tert-OH is 2. The van der Waals surface area contributed by atoms with Crippen molar-refractivity contribution in [1.82, 2.24) is 10.3 Å². The molecule has 26 heavy (non-hydrogen) atoms. The first-order valence-corrected chi connectivity index (χ1v) is 9.58. The highest BCUT2D eigenvalue weighted by Gasteiger charge is 2.44. The number of nitrogens with one attached hydrogen (secondary N) is 1. The molecule has 3 N–H and O–H groups in total. The highest BCUT2D eigenvalue weighted by atomic mass is 16.5. The van der Waals surface area contributed by atoms with Gasteiger partial charge in [-0.3, -0.25) is 4.79 Å². The number of aromatic nitrogens is 1. The molecule has 0 aromatic carbocycles. The molecule has 4 atom stereocenters. The fourth-order valence-corrected chi connectivity index (χ4v) is 4.10. The molecule has 2 saturated carbocycles. The predicted octanol–water partition coefficient (Wildman–Crippen LogP) is 0.412. The highest BCUT2D eigenvalue weighted by Crippen LogP contribution is 2.36. The largest absolute Gasteiger partial charge is 0.390 e. The SMILES string of the molecule is O=C(NC1C(c2ccc(N3CCOCC3)nc2)CC(O)C1O)C1CCC1. The van der Waals surface area contributed by atoms with Crippen LogP contribution in [0.1, 0.15) is 37.2 Å². The third kappa shape index (κ3) is 3.43. The minimum atomic E-state index is -0.942. The summed E-state index contributed by atoms with van der Waals surface area (Å²) in [4.78, 5) is 19.1. The van der Waals surface area contributed by atoms with Gasteiger partial charge in [0.05, 0.1) is 25.4 Å². The average molecular weight is 361 g/mol. The van der Waals surface area contributed by atoms with Gasteiger partial charge in [0, 0.05) is 31.1 Å². The van der Waals surface area contributed by atoms with E-state index in [9.17, 15) is 15.0 Å². The van der Waals surface area contributed by atoms with Crippen LogP contribution in [0.4, 0.5) is 5.82 Å². The standard InChI is InChI=1S/C19H27N3O4/c23-15-10-14(17(18(15)24)21-19(25)12-2-1-3-12)13-4-5-16(20-11-13)22-6-8-26-9-7-22/h4-5,11-12,14-15,17-18,23-24H,1-3,6-10H2,(H,21,25). The van der Waals surface area contributed by atoms with E-state index >= 15 is 0 Å². The second-order valence-electron chi connectivity index (χ2n) is 7.61. The Morgan fingerprint density at radius 2 is 2.00 bits per heavy atom. The number of aliphatic hydroxyl groups is 2. The zero-order valence-corrected chi connectivity index (χ0v) is 14.9. The van der Waals surface area contributed by atoms with Gasteiger partial charge >= 0.3 is 0 Å². The minimum Gasteiger partial charge on any atom is -0.390 e. The Morgan fingerprint density at radius 1 is 1.23 bits per heavy atom. The van der Waals surface area contributed by atoms with E-state index < -0.39 is 18.2 Å². The van der Waals surface area contributed by atoms with Crippen LogP contribution in [-0.4, -0.2) is 65.7 Å². The van der Waals surface area contributed by atoms with Crippen molar-refractivity contribution in [3.8, 4) is 0 Å². The molecule has 1 aromatic heterocycles. The van der Waals surface area contributed by atoms with Gasteiger partial charge in [0.15, 0.2) is 0 Å². The summed E-state index contributed by atoms with van der Waals surface area (Å²) in [5.41, 5.74) is 0.941. The van der Waals surface area contributed by atoms with Gasteiger partial charge in [0.2, 0.25) is 5.91 Å². The molecule has 2 heterocycles. The van der Waals surface area contributed by atoms with Crippen LogP contribution in [0.15, 0.2) is 18.3 Å². The Labute approximate surface area is 153 Å². The van der Waals surface area contributed by atoms with Crippen molar-refractivity contribution in [2.75, 3.05) is 31.2 Å². The molecule has 0 radical (unpaired) electrons. The van der Waals surface area contributed by atoms with Crippen LogP contribution in [0.2, 0.25) is 0 Å². The monoisotopic (exact) mass is 361 g/mol. The molecule has 0 bridgehead atoms. The third-order valence-corrected chi connectivity index (χ3v) is 6.01. The fourth-order valence-electron chi connectivity index (χ4n) is 4.10. The van der Waals surface area contributed by atoms with Crippen molar-refractivity contribution in [1.29, 1.82) is 0 Å². The maximum absolute atomic E-state index is 12.3. The minimum absolute atomic E-state index is 0.00250. The summed E-state index contributed by atoms with van der Waals surface area (Å²) in [6.07, 6.45) is 3.38. The molecule has 7 nitrogen and oxygen atoms in total. The van der Waals surface area contributed by atoms with Crippen LogP contribution >= 0.6 is 0 Å². The third-order valence-electron chi connectivity index (χ3n) is 6.01. The Kier molecular flexibility index (Phi) is 5.11. The van der Waals surface area contributed by atoms with Crippen molar-refractivity contribution >= 4 is 11.7 Å². The Morgan fingerprint density at radius 3 is 2.62 bits per heavy atom. The van der Waals surface area contributed by atoms with Crippen molar-refractivity contribution in [3.63, 3.8) is 0 Å². The highest BCUT2D eigenvalue weighted by molar-refractivity contribution is 5.80. The molecule has 1 amide bonds. The topological polar surface area (TPSA) is 94.9 Å². The van der Waals surface area contributed by atoms with Gasteiger partial charge in [-0.25, -0.2) is 4.98 Å². The van der Waals surface area contributed by atoms with E-state index in [1.54, 1.807) is 0 Å². The summed E-state index contributed by atoms with van der Waals surface area (Å²) in [6.45, 7) is 3.07. The van der Waals surface area contributed by atoms with E-state index in [4.69, 9.17) is 4.74 Å². The van der Waals surface area contributed by atoms with Crippen LogP contribution in [0, 0.1) is 5.92 Å². The number of morpholine rings is 1. The Balaban J connectivity index is 1.47. The van der Waals surface area contributed by atoms with Gasteiger partial charge in [0.25, 0.3) is 0 Å². The first kappa shape index (κ1) is 17.7. The lowest BCUT2D eigenvalue weighted by Crippen LogP contribution is -2.48. The molecule has 1 aromatic rings. The lowest BCUT2D eigenvalue weighted by atomic mass is 9.84. The average Bonchev–Trinajstić information content (AvgIpc) is 2.89. The number of carbonyl (C=O) groups is 1. The van der Waals surface area contributed by atoms with E-state index in [-0.39, 0.29) is 17.7 Å². The Hall–Kier alpha value is -1.70.